The second kappa shape index (κ2) is 6.61. The topological polar surface area (TPSA) is 63.7 Å². The first-order valence-electron chi connectivity index (χ1n) is 5.61. The Morgan fingerprint density at radius 2 is 2.24 bits per heavy atom. The highest BCUT2D eigenvalue weighted by atomic mass is 32.2. The van der Waals surface area contributed by atoms with E-state index in [0.29, 0.717) is 18.8 Å². The molecule has 0 saturated carbocycles. The smallest absolute Gasteiger partial charge is 0.306 e. The number of thioether (sulfide) groups is 1. The zero-order valence-electron chi connectivity index (χ0n) is 10.2. The SMILES string of the molecule is CCS(=O)(=O)C1CSCCN1CCC(=O)OC. The molecule has 0 aromatic rings. The van der Waals surface area contributed by atoms with E-state index < -0.39 is 15.2 Å². The summed E-state index contributed by atoms with van der Waals surface area (Å²) in [7, 11) is -1.73. The normalized spacial score (nSPS) is 22.4. The van der Waals surface area contributed by atoms with E-state index in [1.54, 1.807) is 18.7 Å². The standard InChI is InChI=1S/C10H19NO4S2/c1-3-17(13,14)9-8-16-7-6-11(9)5-4-10(12)15-2/h9H,3-8H2,1-2H3. The molecule has 1 heterocycles. The number of carbonyl (C=O) groups excluding carboxylic acids is 1. The summed E-state index contributed by atoms with van der Waals surface area (Å²) < 4.78 is 28.4. The molecule has 100 valence electrons. The van der Waals surface area contributed by atoms with Crippen LogP contribution < -0.4 is 0 Å². The number of methoxy groups -OCH3 is 1. The van der Waals surface area contributed by atoms with Gasteiger partial charge in [0.15, 0.2) is 9.84 Å². The van der Waals surface area contributed by atoms with E-state index >= 15 is 0 Å². The molecule has 1 rings (SSSR count). The fourth-order valence-corrected chi connectivity index (χ4v) is 4.84. The lowest BCUT2D eigenvalue weighted by Crippen LogP contribution is -2.48. The maximum Gasteiger partial charge on any atom is 0.306 e. The van der Waals surface area contributed by atoms with Crippen LogP contribution in [0.5, 0.6) is 0 Å². The van der Waals surface area contributed by atoms with Crippen LogP contribution in [0, 0.1) is 0 Å². The second-order valence-corrected chi connectivity index (χ2v) is 7.44. The van der Waals surface area contributed by atoms with Crippen molar-refractivity contribution >= 4 is 27.6 Å². The minimum Gasteiger partial charge on any atom is -0.469 e. The Morgan fingerprint density at radius 1 is 1.53 bits per heavy atom. The molecule has 1 fully saturated rings. The van der Waals surface area contributed by atoms with Gasteiger partial charge >= 0.3 is 5.97 Å². The molecule has 1 atom stereocenters. The maximum atomic E-state index is 11.9. The molecule has 0 aliphatic carbocycles. The van der Waals surface area contributed by atoms with Crippen molar-refractivity contribution in [2.45, 2.75) is 18.7 Å². The van der Waals surface area contributed by atoms with Gasteiger partial charge in [-0.15, -0.1) is 0 Å². The first-order chi connectivity index (χ1) is 8.01. The van der Waals surface area contributed by atoms with Gasteiger partial charge in [0.05, 0.1) is 13.5 Å². The number of rotatable bonds is 5. The van der Waals surface area contributed by atoms with E-state index in [9.17, 15) is 13.2 Å². The van der Waals surface area contributed by atoms with Gasteiger partial charge in [-0.3, -0.25) is 9.69 Å². The third-order valence-electron chi connectivity index (χ3n) is 2.84. The monoisotopic (exact) mass is 281 g/mol. The van der Waals surface area contributed by atoms with Crippen LogP contribution in [0.1, 0.15) is 13.3 Å². The minimum absolute atomic E-state index is 0.146. The zero-order valence-corrected chi connectivity index (χ0v) is 11.8. The van der Waals surface area contributed by atoms with Gasteiger partial charge in [-0.05, 0) is 0 Å². The van der Waals surface area contributed by atoms with Crippen molar-refractivity contribution in [3.8, 4) is 0 Å². The Kier molecular flexibility index (Phi) is 5.75. The summed E-state index contributed by atoms with van der Waals surface area (Å²) in [4.78, 5) is 13.0. The van der Waals surface area contributed by atoms with Crippen LogP contribution in [0.4, 0.5) is 0 Å². The van der Waals surface area contributed by atoms with E-state index in [1.165, 1.54) is 7.11 Å². The molecule has 0 radical (unpaired) electrons. The van der Waals surface area contributed by atoms with Gasteiger partial charge in [-0.1, -0.05) is 6.92 Å². The fourth-order valence-electron chi connectivity index (χ4n) is 1.73. The Labute approximate surface area is 107 Å². The average molecular weight is 281 g/mol. The first-order valence-corrected chi connectivity index (χ1v) is 8.48. The average Bonchev–Trinajstić information content (AvgIpc) is 2.36. The van der Waals surface area contributed by atoms with Gasteiger partial charge in [0, 0.05) is 30.3 Å². The van der Waals surface area contributed by atoms with Crippen molar-refractivity contribution in [1.82, 2.24) is 4.90 Å². The summed E-state index contributed by atoms with van der Waals surface area (Å²) in [6.45, 7) is 2.83. The molecule has 0 amide bonds. The molecule has 1 saturated heterocycles. The van der Waals surface area contributed by atoms with Gasteiger partial charge in [0.25, 0.3) is 0 Å². The molecule has 0 N–H and O–H groups in total. The number of esters is 1. The largest absolute Gasteiger partial charge is 0.469 e. The number of sulfone groups is 1. The summed E-state index contributed by atoms with van der Waals surface area (Å²) in [5, 5.41) is -0.448. The summed E-state index contributed by atoms with van der Waals surface area (Å²) in [6.07, 6.45) is 0.247. The molecule has 0 aromatic carbocycles. The van der Waals surface area contributed by atoms with Crippen molar-refractivity contribution in [3.05, 3.63) is 0 Å². The molecule has 0 aromatic heterocycles. The molecule has 0 bridgehead atoms. The van der Waals surface area contributed by atoms with Crippen LogP contribution in [-0.4, -0.2) is 62.1 Å². The van der Waals surface area contributed by atoms with Crippen LogP contribution in [0.15, 0.2) is 0 Å². The van der Waals surface area contributed by atoms with E-state index in [-0.39, 0.29) is 18.1 Å². The second-order valence-electron chi connectivity index (χ2n) is 3.84. The lowest BCUT2D eigenvalue weighted by molar-refractivity contribution is -0.141. The molecule has 17 heavy (non-hydrogen) atoms. The third kappa shape index (κ3) is 4.15. The van der Waals surface area contributed by atoms with Crippen LogP contribution in [0.2, 0.25) is 0 Å². The van der Waals surface area contributed by atoms with Crippen LogP contribution in [-0.2, 0) is 19.4 Å². The molecule has 5 nitrogen and oxygen atoms in total. The van der Waals surface area contributed by atoms with Crippen LogP contribution in [0.3, 0.4) is 0 Å². The van der Waals surface area contributed by atoms with E-state index in [4.69, 9.17) is 0 Å². The number of nitrogens with zero attached hydrogens (tertiary/aromatic N) is 1. The maximum absolute atomic E-state index is 11.9. The highest BCUT2D eigenvalue weighted by molar-refractivity contribution is 8.01. The predicted octanol–water partition coefficient (Wildman–Crippen LogP) is 0.359. The fraction of sp³-hybridized carbons (Fsp3) is 0.900. The van der Waals surface area contributed by atoms with E-state index in [0.717, 1.165) is 5.75 Å². The van der Waals surface area contributed by atoms with Crippen molar-refractivity contribution in [2.24, 2.45) is 0 Å². The number of hydrogen-bond donors (Lipinski definition) is 0. The summed E-state index contributed by atoms with van der Waals surface area (Å²) in [5.74, 6) is 1.36. The van der Waals surface area contributed by atoms with Gasteiger partial charge < -0.3 is 4.74 Å². The number of hydrogen-bond acceptors (Lipinski definition) is 6. The number of ether oxygens (including phenoxy) is 1. The van der Waals surface area contributed by atoms with Crippen molar-refractivity contribution in [2.75, 3.05) is 37.5 Å². The molecular formula is C10H19NO4S2. The third-order valence-corrected chi connectivity index (χ3v) is 6.17. The molecule has 1 aliphatic rings. The highest BCUT2D eigenvalue weighted by Crippen LogP contribution is 2.21. The molecule has 1 aliphatic heterocycles. The van der Waals surface area contributed by atoms with Gasteiger partial charge in [0.2, 0.25) is 0 Å². The summed E-state index contributed by atoms with van der Waals surface area (Å²) in [6, 6.07) is 0. The van der Waals surface area contributed by atoms with Crippen molar-refractivity contribution < 1.29 is 17.9 Å². The van der Waals surface area contributed by atoms with Gasteiger partial charge in [-0.25, -0.2) is 8.42 Å². The van der Waals surface area contributed by atoms with Crippen LogP contribution in [0.25, 0.3) is 0 Å². The predicted molar refractivity (Wildman–Crippen MR) is 68.8 cm³/mol. The summed E-state index contributed by atoms with van der Waals surface area (Å²) in [5.41, 5.74) is 0. The lowest BCUT2D eigenvalue weighted by Gasteiger charge is -2.34. The molecule has 0 spiro atoms. The van der Waals surface area contributed by atoms with Gasteiger partial charge in [0.1, 0.15) is 5.37 Å². The van der Waals surface area contributed by atoms with Crippen molar-refractivity contribution in [1.29, 1.82) is 0 Å². The minimum atomic E-state index is -3.07. The Hall–Kier alpha value is -0.270. The molecular weight excluding hydrogens is 262 g/mol. The lowest BCUT2D eigenvalue weighted by atomic mass is 10.3. The van der Waals surface area contributed by atoms with Crippen molar-refractivity contribution in [3.63, 3.8) is 0 Å². The van der Waals surface area contributed by atoms with E-state index in [1.807, 2.05) is 4.90 Å². The van der Waals surface area contributed by atoms with E-state index in [2.05, 4.69) is 4.74 Å². The first kappa shape index (κ1) is 14.8. The van der Waals surface area contributed by atoms with Crippen LogP contribution >= 0.6 is 11.8 Å². The van der Waals surface area contributed by atoms with Gasteiger partial charge in [-0.2, -0.15) is 11.8 Å². The number of carbonyl (C=O) groups is 1. The molecule has 1 unspecified atom stereocenters. The summed E-state index contributed by atoms with van der Waals surface area (Å²) >= 11 is 1.65. The Bertz CT molecular complexity index is 355. The highest BCUT2D eigenvalue weighted by Gasteiger charge is 2.32. The Balaban J connectivity index is 2.63. The zero-order chi connectivity index (χ0) is 12.9. The molecule has 7 heteroatoms. The Morgan fingerprint density at radius 3 is 2.82 bits per heavy atom. The quantitative estimate of drug-likeness (QED) is 0.678.